The monoisotopic (exact) mass is 347 g/mol. The molecule has 1 N–H and O–H groups in total. The van der Waals surface area contributed by atoms with Crippen LogP contribution in [0.2, 0.25) is 0 Å². The van der Waals surface area contributed by atoms with Crippen molar-refractivity contribution in [1.29, 1.82) is 0 Å². The van der Waals surface area contributed by atoms with E-state index in [4.69, 9.17) is 0 Å². The molecule has 0 saturated carbocycles. The van der Waals surface area contributed by atoms with Crippen LogP contribution in [0, 0.1) is 0 Å². The zero-order chi connectivity index (χ0) is 17.1. The zero-order valence-corrected chi connectivity index (χ0v) is 14.4. The van der Waals surface area contributed by atoms with Gasteiger partial charge in [0.05, 0.1) is 24.0 Å². The predicted molar refractivity (Wildman–Crippen MR) is 102 cm³/mol. The van der Waals surface area contributed by atoms with Crippen molar-refractivity contribution in [2.45, 2.75) is 13.0 Å². The van der Waals surface area contributed by atoms with Crippen molar-refractivity contribution in [1.82, 2.24) is 9.55 Å². The lowest BCUT2D eigenvalue weighted by Gasteiger charge is -2.10. The third-order valence-corrected chi connectivity index (χ3v) is 4.88. The SMILES string of the molecule is O=C(Cc1cccs1)Nc1nc2ccccc2n1Cc1ccccc1. The van der Waals surface area contributed by atoms with Gasteiger partial charge in [-0.25, -0.2) is 4.98 Å². The second-order valence-electron chi connectivity index (χ2n) is 5.80. The van der Waals surface area contributed by atoms with Gasteiger partial charge in [0.1, 0.15) is 0 Å². The average molecular weight is 347 g/mol. The van der Waals surface area contributed by atoms with Crippen LogP contribution in [0.1, 0.15) is 10.4 Å². The number of aromatic nitrogens is 2. The van der Waals surface area contributed by atoms with E-state index in [1.807, 2.05) is 60.0 Å². The number of para-hydroxylation sites is 2. The lowest BCUT2D eigenvalue weighted by molar-refractivity contribution is -0.115. The first-order valence-electron chi connectivity index (χ1n) is 8.11. The highest BCUT2D eigenvalue weighted by Crippen LogP contribution is 2.21. The summed E-state index contributed by atoms with van der Waals surface area (Å²) in [5.74, 6) is 0.540. The van der Waals surface area contributed by atoms with Crippen LogP contribution in [0.3, 0.4) is 0 Å². The number of imidazole rings is 1. The highest BCUT2D eigenvalue weighted by molar-refractivity contribution is 7.10. The van der Waals surface area contributed by atoms with Gasteiger partial charge in [0.2, 0.25) is 11.9 Å². The van der Waals surface area contributed by atoms with Crippen LogP contribution < -0.4 is 5.32 Å². The Hall–Kier alpha value is -2.92. The minimum Gasteiger partial charge on any atom is -0.305 e. The minimum absolute atomic E-state index is 0.0490. The van der Waals surface area contributed by atoms with Gasteiger partial charge in [0.25, 0.3) is 0 Å². The quantitative estimate of drug-likeness (QED) is 0.584. The van der Waals surface area contributed by atoms with Crippen molar-refractivity contribution in [3.05, 3.63) is 82.6 Å². The van der Waals surface area contributed by atoms with E-state index in [0.29, 0.717) is 18.9 Å². The number of hydrogen-bond donors (Lipinski definition) is 1. The standard InChI is InChI=1S/C20H17N3OS/c24-19(13-16-9-6-12-25-16)22-20-21-17-10-4-5-11-18(17)23(20)14-15-7-2-1-3-8-15/h1-12H,13-14H2,(H,21,22,24). The smallest absolute Gasteiger partial charge is 0.231 e. The number of fused-ring (bicyclic) bond motifs is 1. The maximum atomic E-state index is 12.4. The van der Waals surface area contributed by atoms with Crippen molar-refractivity contribution < 1.29 is 4.79 Å². The Morgan fingerprint density at radius 2 is 1.80 bits per heavy atom. The molecule has 2 aromatic heterocycles. The summed E-state index contributed by atoms with van der Waals surface area (Å²) >= 11 is 1.59. The molecule has 5 heteroatoms. The number of hydrogen-bond acceptors (Lipinski definition) is 3. The van der Waals surface area contributed by atoms with E-state index < -0.39 is 0 Å². The van der Waals surface area contributed by atoms with Crippen LogP contribution in [0.25, 0.3) is 11.0 Å². The molecule has 4 rings (SSSR count). The summed E-state index contributed by atoms with van der Waals surface area (Å²) in [6.07, 6.45) is 0.367. The molecule has 0 bridgehead atoms. The molecule has 4 aromatic rings. The van der Waals surface area contributed by atoms with Gasteiger partial charge in [-0.15, -0.1) is 11.3 Å². The summed E-state index contributed by atoms with van der Waals surface area (Å²) < 4.78 is 2.05. The van der Waals surface area contributed by atoms with Crippen LogP contribution in [0.4, 0.5) is 5.95 Å². The number of carbonyl (C=O) groups excluding carboxylic acids is 1. The van der Waals surface area contributed by atoms with E-state index in [-0.39, 0.29) is 5.91 Å². The van der Waals surface area contributed by atoms with Gasteiger partial charge in [-0.05, 0) is 29.1 Å². The second kappa shape index (κ2) is 6.91. The molecule has 124 valence electrons. The number of benzene rings is 2. The van der Waals surface area contributed by atoms with Gasteiger partial charge in [0, 0.05) is 4.88 Å². The van der Waals surface area contributed by atoms with Gasteiger partial charge < -0.3 is 4.57 Å². The molecule has 0 unspecified atom stereocenters. The summed E-state index contributed by atoms with van der Waals surface area (Å²) in [4.78, 5) is 18.1. The van der Waals surface area contributed by atoms with Gasteiger partial charge in [0.15, 0.2) is 0 Å². The van der Waals surface area contributed by atoms with Crippen molar-refractivity contribution >= 4 is 34.2 Å². The maximum Gasteiger partial charge on any atom is 0.231 e. The Morgan fingerprint density at radius 1 is 1.00 bits per heavy atom. The number of thiophene rings is 1. The molecule has 0 aliphatic heterocycles. The molecule has 0 aliphatic rings. The largest absolute Gasteiger partial charge is 0.305 e. The lowest BCUT2D eigenvalue weighted by Crippen LogP contribution is -2.17. The summed E-state index contributed by atoms with van der Waals surface area (Å²) in [7, 11) is 0. The molecular formula is C20H17N3OS. The Balaban J connectivity index is 1.65. The lowest BCUT2D eigenvalue weighted by atomic mass is 10.2. The molecule has 0 spiro atoms. The third-order valence-electron chi connectivity index (χ3n) is 4.00. The fraction of sp³-hybridized carbons (Fsp3) is 0.100. The maximum absolute atomic E-state index is 12.4. The van der Waals surface area contributed by atoms with Gasteiger partial charge in [-0.3, -0.25) is 10.1 Å². The fourth-order valence-corrected chi connectivity index (χ4v) is 3.54. The molecule has 0 radical (unpaired) electrons. The average Bonchev–Trinajstić information content (AvgIpc) is 3.24. The van der Waals surface area contributed by atoms with E-state index >= 15 is 0 Å². The number of nitrogens with zero attached hydrogens (tertiary/aromatic N) is 2. The van der Waals surface area contributed by atoms with Gasteiger partial charge in [-0.2, -0.15) is 0 Å². The van der Waals surface area contributed by atoms with Crippen molar-refractivity contribution in [2.24, 2.45) is 0 Å². The molecule has 25 heavy (non-hydrogen) atoms. The first kappa shape index (κ1) is 15.6. The molecule has 0 saturated heterocycles. The summed E-state index contributed by atoms with van der Waals surface area (Å²) in [5.41, 5.74) is 3.06. The molecule has 0 aliphatic carbocycles. The topological polar surface area (TPSA) is 46.9 Å². The van der Waals surface area contributed by atoms with Crippen LogP contribution in [-0.2, 0) is 17.8 Å². The molecule has 1 amide bonds. The first-order valence-corrected chi connectivity index (χ1v) is 8.99. The van der Waals surface area contributed by atoms with E-state index in [0.717, 1.165) is 15.9 Å². The molecule has 2 aromatic carbocycles. The highest BCUT2D eigenvalue weighted by atomic mass is 32.1. The summed E-state index contributed by atoms with van der Waals surface area (Å²) in [6.45, 7) is 0.663. The highest BCUT2D eigenvalue weighted by Gasteiger charge is 2.14. The van der Waals surface area contributed by atoms with Crippen LogP contribution in [0.15, 0.2) is 72.1 Å². The first-order chi connectivity index (χ1) is 12.3. The normalized spacial score (nSPS) is 10.9. The number of amides is 1. The Labute approximate surface area is 149 Å². The fourth-order valence-electron chi connectivity index (χ4n) is 2.84. The molecule has 4 nitrogen and oxygen atoms in total. The minimum atomic E-state index is -0.0490. The second-order valence-corrected chi connectivity index (χ2v) is 6.83. The predicted octanol–water partition coefficient (Wildman–Crippen LogP) is 4.33. The molecule has 0 fully saturated rings. The molecule has 0 atom stereocenters. The van der Waals surface area contributed by atoms with Gasteiger partial charge in [-0.1, -0.05) is 48.5 Å². The number of anilines is 1. The number of nitrogens with one attached hydrogen (secondary N) is 1. The van der Waals surface area contributed by atoms with Crippen LogP contribution in [-0.4, -0.2) is 15.5 Å². The van der Waals surface area contributed by atoms with Crippen molar-refractivity contribution in [3.63, 3.8) is 0 Å². The third kappa shape index (κ3) is 3.46. The van der Waals surface area contributed by atoms with Crippen molar-refractivity contribution in [3.8, 4) is 0 Å². The zero-order valence-electron chi connectivity index (χ0n) is 13.6. The van der Waals surface area contributed by atoms with Crippen LogP contribution in [0.5, 0.6) is 0 Å². The molecular weight excluding hydrogens is 330 g/mol. The van der Waals surface area contributed by atoms with E-state index in [1.54, 1.807) is 11.3 Å². The Bertz CT molecular complexity index is 990. The number of rotatable bonds is 5. The van der Waals surface area contributed by atoms with E-state index in [2.05, 4.69) is 27.0 Å². The Kier molecular flexibility index (Phi) is 4.31. The summed E-state index contributed by atoms with van der Waals surface area (Å²) in [6, 6.07) is 22.0. The van der Waals surface area contributed by atoms with Gasteiger partial charge >= 0.3 is 0 Å². The number of carbonyl (C=O) groups is 1. The summed E-state index contributed by atoms with van der Waals surface area (Å²) in [5, 5.41) is 4.96. The Morgan fingerprint density at radius 3 is 2.60 bits per heavy atom. The van der Waals surface area contributed by atoms with E-state index in [9.17, 15) is 4.79 Å². The van der Waals surface area contributed by atoms with E-state index in [1.165, 1.54) is 5.56 Å². The van der Waals surface area contributed by atoms with Crippen molar-refractivity contribution in [2.75, 3.05) is 5.32 Å². The molecule has 2 heterocycles. The van der Waals surface area contributed by atoms with Crippen LogP contribution >= 0.6 is 11.3 Å².